The maximum absolute atomic E-state index is 12.8. The molecule has 1 aliphatic heterocycles. The molecule has 0 bridgehead atoms. The normalized spacial score (nSPS) is 16.2. The Kier molecular flexibility index (Phi) is 5.11. The fourth-order valence-electron chi connectivity index (χ4n) is 3.76. The van der Waals surface area contributed by atoms with Gasteiger partial charge in [-0.2, -0.15) is 5.10 Å². The third-order valence-corrected chi connectivity index (χ3v) is 6.48. The number of aromatic nitrogens is 2. The van der Waals surface area contributed by atoms with E-state index >= 15 is 0 Å². The van der Waals surface area contributed by atoms with E-state index in [4.69, 9.17) is 5.10 Å². The maximum atomic E-state index is 12.8. The van der Waals surface area contributed by atoms with Crippen molar-refractivity contribution in [3.63, 3.8) is 0 Å². The molecule has 0 radical (unpaired) electrons. The van der Waals surface area contributed by atoms with Gasteiger partial charge in [-0.1, -0.05) is 78.9 Å². The number of hydrogen-bond acceptors (Lipinski definition) is 3. The summed E-state index contributed by atoms with van der Waals surface area (Å²) in [5.74, 6) is 0.655. The number of amides is 1. The number of carbonyl (C=O) groups is 1. The summed E-state index contributed by atoms with van der Waals surface area (Å²) >= 11 is 1.67. The Morgan fingerprint density at radius 1 is 0.867 bits per heavy atom. The third-order valence-electron chi connectivity index (χ3n) is 5.24. The van der Waals surface area contributed by atoms with Crippen molar-refractivity contribution >= 4 is 17.7 Å². The zero-order valence-corrected chi connectivity index (χ0v) is 17.2. The van der Waals surface area contributed by atoms with Gasteiger partial charge >= 0.3 is 0 Å². The van der Waals surface area contributed by atoms with Crippen LogP contribution in [0.4, 0.5) is 0 Å². The summed E-state index contributed by atoms with van der Waals surface area (Å²) in [7, 11) is 0. The molecule has 1 atom stereocenters. The number of benzene rings is 3. The van der Waals surface area contributed by atoms with Crippen molar-refractivity contribution in [2.24, 2.45) is 0 Å². The average molecular weight is 412 g/mol. The van der Waals surface area contributed by atoms with Gasteiger partial charge in [0.15, 0.2) is 0 Å². The summed E-state index contributed by atoms with van der Waals surface area (Å²) in [6.45, 7) is 0.599. The zero-order chi connectivity index (χ0) is 20.3. The van der Waals surface area contributed by atoms with E-state index < -0.39 is 0 Å². The molecule has 148 valence electrons. The number of carbonyl (C=O) groups excluding carboxylic acids is 1. The number of rotatable bonds is 5. The minimum Gasteiger partial charge on any atom is -0.321 e. The highest BCUT2D eigenvalue weighted by Crippen LogP contribution is 2.43. The third kappa shape index (κ3) is 3.64. The molecular formula is C25H21N3OS. The lowest BCUT2D eigenvalue weighted by Crippen LogP contribution is -2.27. The van der Waals surface area contributed by atoms with Crippen LogP contribution in [0.1, 0.15) is 16.5 Å². The van der Waals surface area contributed by atoms with E-state index in [0.717, 1.165) is 28.1 Å². The van der Waals surface area contributed by atoms with Gasteiger partial charge < -0.3 is 4.90 Å². The van der Waals surface area contributed by atoms with Crippen molar-refractivity contribution in [1.82, 2.24) is 14.7 Å². The van der Waals surface area contributed by atoms with Crippen LogP contribution in [0.15, 0.2) is 97.2 Å². The van der Waals surface area contributed by atoms with Gasteiger partial charge in [-0.15, -0.1) is 11.8 Å². The Balaban J connectivity index is 1.58. The molecule has 1 aliphatic rings. The summed E-state index contributed by atoms with van der Waals surface area (Å²) in [6, 6.07) is 30.5. The Bertz CT molecular complexity index is 1140. The second-order valence-corrected chi connectivity index (χ2v) is 8.32. The molecule has 1 aromatic heterocycles. The van der Waals surface area contributed by atoms with E-state index in [2.05, 4.69) is 30.5 Å². The quantitative estimate of drug-likeness (QED) is 0.446. The van der Waals surface area contributed by atoms with Gasteiger partial charge in [0.1, 0.15) is 5.37 Å². The average Bonchev–Trinajstić information content (AvgIpc) is 3.40. The van der Waals surface area contributed by atoms with Gasteiger partial charge in [-0.3, -0.25) is 4.79 Å². The lowest BCUT2D eigenvalue weighted by atomic mass is 10.1. The Morgan fingerprint density at radius 2 is 1.50 bits per heavy atom. The highest BCUT2D eigenvalue weighted by Gasteiger charge is 2.35. The first kappa shape index (κ1) is 18.7. The van der Waals surface area contributed by atoms with Gasteiger partial charge in [0, 0.05) is 23.9 Å². The summed E-state index contributed by atoms with van der Waals surface area (Å²) in [5, 5.41) is 4.86. The van der Waals surface area contributed by atoms with Gasteiger partial charge in [0.2, 0.25) is 5.91 Å². The molecule has 5 rings (SSSR count). The Morgan fingerprint density at radius 3 is 2.20 bits per heavy atom. The van der Waals surface area contributed by atoms with Crippen LogP contribution in [-0.4, -0.2) is 26.3 Å². The summed E-state index contributed by atoms with van der Waals surface area (Å²) < 4.78 is 1.92. The molecule has 3 aromatic carbocycles. The van der Waals surface area contributed by atoms with Crippen LogP contribution in [0.5, 0.6) is 0 Å². The smallest absolute Gasteiger partial charge is 0.234 e. The van der Waals surface area contributed by atoms with E-state index in [1.807, 2.05) is 76.3 Å². The first-order valence-corrected chi connectivity index (χ1v) is 11.0. The van der Waals surface area contributed by atoms with Crippen molar-refractivity contribution < 1.29 is 4.79 Å². The summed E-state index contributed by atoms with van der Waals surface area (Å²) in [5.41, 5.74) is 5.18. The largest absolute Gasteiger partial charge is 0.321 e. The molecule has 0 aliphatic carbocycles. The van der Waals surface area contributed by atoms with Crippen LogP contribution in [0.2, 0.25) is 0 Å². The van der Waals surface area contributed by atoms with E-state index in [1.54, 1.807) is 11.8 Å². The van der Waals surface area contributed by atoms with Gasteiger partial charge in [0.25, 0.3) is 0 Å². The number of thioether (sulfide) groups is 1. The molecular weight excluding hydrogens is 390 g/mol. The first-order chi connectivity index (χ1) is 14.8. The minimum absolute atomic E-state index is 0.0645. The van der Waals surface area contributed by atoms with Crippen molar-refractivity contribution in [3.8, 4) is 16.9 Å². The Hall–Kier alpha value is -3.31. The highest BCUT2D eigenvalue weighted by molar-refractivity contribution is 8.00. The fraction of sp³-hybridized carbons (Fsp3) is 0.120. The Labute approximate surface area is 180 Å². The minimum atomic E-state index is -0.0645. The molecule has 5 heteroatoms. The summed E-state index contributed by atoms with van der Waals surface area (Å²) in [4.78, 5) is 14.7. The van der Waals surface area contributed by atoms with Crippen molar-refractivity contribution in [1.29, 1.82) is 0 Å². The molecule has 1 fully saturated rings. The molecule has 4 nitrogen and oxygen atoms in total. The van der Waals surface area contributed by atoms with Crippen molar-refractivity contribution in [3.05, 3.63) is 108 Å². The second kappa shape index (κ2) is 8.20. The molecule has 0 saturated carbocycles. The standard InChI is InChI=1S/C25H21N3OS/c29-23-18-30-25(27(23)16-19-10-4-1-5-11-19)22-17-28(21-14-8-3-9-15-21)26-24(22)20-12-6-2-7-13-20/h1-15,17,25H,16,18H2. The molecule has 1 saturated heterocycles. The summed E-state index contributed by atoms with van der Waals surface area (Å²) in [6.07, 6.45) is 2.08. The van der Waals surface area contributed by atoms with Crippen molar-refractivity contribution in [2.75, 3.05) is 5.75 Å². The van der Waals surface area contributed by atoms with Crippen LogP contribution < -0.4 is 0 Å². The predicted octanol–water partition coefficient (Wildman–Crippen LogP) is 5.31. The van der Waals surface area contributed by atoms with E-state index in [1.165, 1.54) is 0 Å². The van der Waals surface area contributed by atoms with Gasteiger partial charge in [-0.25, -0.2) is 4.68 Å². The van der Waals surface area contributed by atoms with Crippen LogP contribution in [0, 0.1) is 0 Å². The van der Waals surface area contributed by atoms with Crippen LogP contribution >= 0.6 is 11.8 Å². The van der Waals surface area contributed by atoms with E-state index in [-0.39, 0.29) is 11.3 Å². The molecule has 1 unspecified atom stereocenters. The highest BCUT2D eigenvalue weighted by atomic mass is 32.2. The van der Waals surface area contributed by atoms with E-state index in [0.29, 0.717) is 12.3 Å². The fourth-order valence-corrected chi connectivity index (χ4v) is 4.95. The monoisotopic (exact) mass is 411 g/mol. The van der Waals surface area contributed by atoms with E-state index in [9.17, 15) is 4.79 Å². The number of para-hydroxylation sites is 1. The number of hydrogen-bond donors (Lipinski definition) is 0. The molecule has 0 N–H and O–H groups in total. The topological polar surface area (TPSA) is 38.1 Å². The second-order valence-electron chi connectivity index (χ2n) is 7.25. The lowest BCUT2D eigenvalue weighted by molar-refractivity contribution is -0.128. The first-order valence-electron chi connectivity index (χ1n) is 9.95. The molecule has 2 heterocycles. The maximum Gasteiger partial charge on any atom is 0.234 e. The number of nitrogens with zero attached hydrogens (tertiary/aromatic N) is 3. The van der Waals surface area contributed by atoms with Crippen LogP contribution in [0.25, 0.3) is 16.9 Å². The molecule has 0 spiro atoms. The molecule has 30 heavy (non-hydrogen) atoms. The van der Waals surface area contributed by atoms with Crippen LogP contribution in [-0.2, 0) is 11.3 Å². The van der Waals surface area contributed by atoms with Gasteiger partial charge in [0.05, 0.1) is 17.1 Å². The lowest BCUT2D eigenvalue weighted by Gasteiger charge is -2.24. The molecule has 4 aromatic rings. The molecule has 1 amide bonds. The van der Waals surface area contributed by atoms with Crippen molar-refractivity contribution in [2.45, 2.75) is 11.9 Å². The SMILES string of the molecule is O=C1CSC(c2cn(-c3ccccc3)nc2-c2ccccc2)N1Cc1ccccc1. The zero-order valence-electron chi connectivity index (χ0n) is 16.4. The van der Waals surface area contributed by atoms with Gasteiger partial charge in [-0.05, 0) is 17.7 Å². The predicted molar refractivity (Wildman–Crippen MR) is 121 cm³/mol. The van der Waals surface area contributed by atoms with Crippen LogP contribution in [0.3, 0.4) is 0 Å².